The van der Waals surface area contributed by atoms with Crippen LogP contribution in [-0.2, 0) is 14.3 Å². The summed E-state index contributed by atoms with van der Waals surface area (Å²) < 4.78 is 4.74. The molecule has 2 unspecified atom stereocenters. The number of nitrogens with zero attached hydrogens (tertiary/aromatic N) is 1. The Morgan fingerprint density at radius 1 is 1.18 bits per heavy atom. The van der Waals surface area contributed by atoms with Crippen molar-refractivity contribution in [2.45, 2.75) is 6.04 Å². The molecular formula is C17H16N2O3. The van der Waals surface area contributed by atoms with E-state index >= 15 is 0 Å². The van der Waals surface area contributed by atoms with E-state index in [4.69, 9.17) is 4.74 Å². The highest BCUT2D eigenvalue weighted by Crippen LogP contribution is 2.26. The maximum atomic E-state index is 12.3. The van der Waals surface area contributed by atoms with Crippen molar-refractivity contribution in [3.63, 3.8) is 0 Å². The molecule has 3 rings (SSSR count). The molecule has 5 heteroatoms. The Morgan fingerprint density at radius 2 is 1.91 bits per heavy atom. The number of allylic oxidation sites excluding steroid dienone is 4. The van der Waals surface area contributed by atoms with Crippen molar-refractivity contribution in [3.8, 4) is 0 Å². The minimum absolute atomic E-state index is 0.0789. The Labute approximate surface area is 128 Å². The van der Waals surface area contributed by atoms with E-state index in [1.807, 2.05) is 54.9 Å². The maximum Gasteiger partial charge on any atom is 0.337 e. The second-order valence-electron chi connectivity index (χ2n) is 5.08. The lowest BCUT2D eigenvalue weighted by molar-refractivity contribution is -0.135. The van der Waals surface area contributed by atoms with E-state index in [1.165, 1.54) is 7.11 Å². The molecular weight excluding hydrogens is 280 g/mol. The van der Waals surface area contributed by atoms with Crippen LogP contribution < -0.4 is 5.32 Å². The molecule has 0 saturated heterocycles. The van der Waals surface area contributed by atoms with E-state index in [1.54, 1.807) is 11.0 Å². The molecule has 0 aromatic rings. The van der Waals surface area contributed by atoms with Crippen LogP contribution in [0.3, 0.4) is 0 Å². The van der Waals surface area contributed by atoms with Crippen molar-refractivity contribution in [3.05, 3.63) is 72.3 Å². The Morgan fingerprint density at radius 3 is 2.59 bits per heavy atom. The summed E-state index contributed by atoms with van der Waals surface area (Å²) in [7, 11) is 1.35. The van der Waals surface area contributed by atoms with E-state index in [-0.39, 0.29) is 23.8 Å². The number of esters is 1. The van der Waals surface area contributed by atoms with E-state index in [9.17, 15) is 9.59 Å². The number of ether oxygens (including phenoxy) is 1. The van der Waals surface area contributed by atoms with Crippen LogP contribution in [0.2, 0.25) is 0 Å². The van der Waals surface area contributed by atoms with Gasteiger partial charge >= 0.3 is 5.97 Å². The molecule has 2 aliphatic heterocycles. The molecule has 112 valence electrons. The predicted molar refractivity (Wildman–Crippen MR) is 82.0 cm³/mol. The number of methoxy groups -OCH3 is 1. The molecule has 0 aromatic heterocycles. The van der Waals surface area contributed by atoms with Gasteiger partial charge in [0.25, 0.3) is 5.91 Å². The Hall–Kier alpha value is -2.82. The van der Waals surface area contributed by atoms with Crippen molar-refractivity contribution < 1.29 is 14.3 Å². The van der Waals surface area contributed by atoms with Crippen molar-refractivity contribution >= 4 is 11.9 Å². The van der Waals surface area contributed by atoms with Crippen LogP contribution in [0.25, 0.3) is 0 Å². The van der Waals surface area contributed by atoms with E-state index in [0.717, 1.165) is 0 Å². The molecule has 1 amide bonds. The number of hydrogen-bond donors (Lipinski definition) is 1. The van der Waals surface area contributed by atoms with Crippen LogP contribution in [0, 0.1) is 5.92 Å². The molecule has 2 atom stereocenters. The normalized spacial score (nSPS) is 25.9. The van der Waals surface area contributed by atoms with Gasteiger partial charge in [0.2, 0.25) is 0 Å². The van der Waals surface area contributed by atoms with Gasteiger partial charge in [0.05, 0.1) is 18.7 Å². The number of amides is 1. The lowest BCUT2D eigenvalue weighted by Crippen LogP contribution is -2.46. The molecule has 0 bridgehead atoms. The number of nitrogens with one attached hydrogen (secondary N) is 1. The average molecular weight is 296 g/mol. The van der Waals surface area contributed by atoms with Gasteiger partial charge in [-0.3, -0.25) is 4.79 Å². The molecule has 2 heterocycles. The molecule has 5 nitrogen and oxygen atoms in total. The highest BCUT2D eigenvalue weighted by atomic mass is 16.5. The summed E-state index contributed by atoms with van der Waals surface area (Å²) in [6, 6.07) is -0.136. The molecule has 3 aliphatic rings. The van der Waals surface area contributed by atoms with Gasteiger partial charge in [-0.25, -0.2) is 4.79 Å². The topological polar surface area (TPSA) is 58.6 Å². The van der Waals surface area contributed by atoms with Crippen LogP contribution in [0.5, 0.6) is 0 Å². The first-order chi connectivity index (χ1) is 10.7. The first-order valence-corrected chi connectivity index (χ1v) is 7.00. The zero-order valence-electron chi connectivity index (χ0n) is 12.1. The van der Waals surface area contributed by atoms with E-state index < -0.39 is 0 Å². The Kier molecular flexibility index (Phi) is 3.78. The fourth-order valence-electron chi connectivity index (χ4n) is 2.56. The van der Waals surface area contributed by atoms with Crippen LogP contribution >= 0.6 is 0 Å². The quantitative estimate of drug-likeness (QED) is 0.786. The summed E-state index contributed by atoms with van der Waals surface area (Å²) in [4.78, 5) is 25.7. The summed E-state index contributed by atoms with van der Waals surface area (Å²) in [5, 5.41) is 2.94. The number of hydrogen-bond acceptors (Lipinski definition) is 4. The van der Waals surface area contributed by atoms with E-state index in [2.05, 4.69) is 5.32 Å². The monoisotopic (exact) mass is 296 g/mol. The van der Waals surface area contributed by atoms with Gasteiger partial charge in [0, 0.05) is 18.3 Å². The molecule has 1 N–H and O–H groups in total. The average Bonchev–Trinajstić information content (AvgIpc) is 2.82. The Balaban J connectivity index is 1.91. The van der Waals surface area contributed by atoms with Gasteiger partial charge in [-0.2, -0.15) is 0 Å². The SMILES string of the molecule is COC(=O)C1=CC2C=C(N3C=CC=CC=C3)C(=O)NC2C=C1. The lowest BCUT2D eigenvalue weighted by Gasteiger charge is -2.32. The van der Waals surface area contributed by atoms with Crippen LogP contribution in [0.15, 0.2) is 72.3 Å². The summed E-state index contributed by atoms with van der Waals surface area (Å²) in [5.74, 6) is -0.595. The minimum atomic E-state index is -0.375. The van der Waals surface area contributed by atoms with Crippen LogP contribution in [0.1, 0.15) is 0 Å². The smallest absolute Gasteiger partial charge is 0.337 e. The molecule has 0 spiro atoms. The van der Waals surface area contributed by atoms with Crippen LogP contribution in [-0.4, -0.2) is 29.9 Å². The van der Waals surface area contributed by atoms with Gasteiger partial charge in [-0.15, -0.1) is 0 Å². The highest BCUT2D eigenvalue weighted by molar-refractivity contribution is 5.96. The Bertz CT molecular complexity index is 664. The first kappa shape index (κ1) is 14.1. The molecule has 0 saturated carbocycles. The second kappa shape index (κ2) is 5.89. The van der Waals surface area contributed by atoms with Gasteiger partial charge in [0.15, 0.2) is 0 Å². The lowest BCUT2D eigenvalue weighted by atomic mass is 9.88. The summed E-state index contributed by atoms with van der Waals surface area (Å²) in [6.07, 6.45) is 18.3. The standard InChI is InChI=1S/C17H16N2O3/c1-22-17(21)12-6-7-14-13(10-12)11-15(16(20)18-14)19-8-4-2-3-5-9-19/h2-11,13-14H,1H3,(H,18,20). The molecule has 0 radical (unpaired) electrons. The summed E-state index contributed by atoms with van der Waals surface area (Å²) in [5.41, 5.74) is 1.03. The largest absolute Gasteiger partial charge is 0.465 e. The molecule has 0 fully saturated rings. The van der Waals surface area contributed by atoms with Crippen molar-refractivity contribution in [1.29, 1.82) is 0 Å². The first-order valence-electron chi connectivity index (χ1n) is 7.00. The third-order valence-electron chi connectivity index (χ3n) is 3.68. The van der Waals surface area contributed by atoms with Crippen molar-refractivity contribution in [1.82, 2.24) is 10.2 Å². The highest BCUT2D eigenvalue weighted by Gasteiger charge is 2.31. The summed E-state index contributed by atoms with van der Waals surface area (Å²) in [6.45, 7) is 0. The zero-order chi connectivity index (χ0) is 15.5. The molecule has 22 heavy (non-hydrogen) atoms. The van der Waals surface area contributed by atoms with Gasteiger partial charge in [-0.1, -0.05) is 24.3 Å². The maximum absolute atomic E-state index is 12.3. The number of fused-ring (bicyclic) bond motifs is 1. The van der Waals surface area contributed by atoms with Crippen LogP contribution in [0.4, 0.5) is 0 Å². The van der Waals surface area contributed by atoms with Gasteiger partial charge in [-0.05, 0) is 24.3 Å². The summed E-state index contributed by atoms with van der Waals surface area (Å²) >= 11 is 0. The second-order valence-corrected chi connectivity index (χ2v) is 5.08. The zero-order valence-corrected chi connectivity index (χ0v) is 12.1. The third kappa shape index (κ3) is 2.65. The van der Waals surface area contributed by atoms with E-state index in [0.29, 0.717) is 11.3 Å². The number of carbonyl (C=O) groups is 2. The van der Waals surface area contributed by atoms with Gasteiger partial charge < -0.3 is 15.0 Å². The fraction of sp³-hybridized carbons (Fsp3) is 0.176. The number of carbonyl (C=O) groups excluding carboxylic acids is 2. The molecule has 0 aromatic carbocycles. The van der Waals surface area contributed by atoms with Crippen molar-refractivity contribution in [2.75, 3.05) is 7.11 Å². The fourth-order valence-corrected chi connectivity index (χ4v) is 2.56. The third-order valence-corrected chi connectivity index (χ3v) is 3.68. The molecule has 1 aliphatic carbocycles. The van der Waals surface area contributed by atoms with Crippen molar-refractivity contribution in [2.24, 2.45) is 5.92 Å². The van der Waals surface area contributed by atoms with Gasteiger partial charge in [0.1, 0.15) is 5.70 Å². The number of rotatable bonds is 2. The predicted octanol–water partition coefficient (Wildman–Crippen LogP) is 1.55. The minimum Gasteiger partial charge on any atom is -0.465 e.